The number of nitrogens with two attached hydrogens (primary N) is 1. The van der Waals surface area contributed by atoms with E-state index in [0.717, 1.165) is 22.3 Å². The van der Waals surface area contributed by atoms with Gasteiger partial charge in [0.05, 0.1) is 6.07 Å². The highest BCUT2D eigenvalue weighted by atomic mass is 35.5. The predicted octanol–water partition coefficient (Wildman–Crippen LogP) is 4.75. The van der Waals surface area contributed by atoms with E-state index in [1.165, 1.54) is 6.08 Å². The van der Waals surface area contributed by atoms with Crippen molar-refractivity contribution in [2.24, 2.45) is 11.7 Å². The van der Waals surface area contributed by atoms with Crippen LogP contribution in [0.2, 0.25) is 0 Å². The van der Waals surface area contributed by atoms with Crippen LogP contribution in [0.25, 0.3) is 6.08 Å². The minimum atomic E-state index is -2.71. The van der Waals surface area contributed by atoms with Gasteiger partial charge in [0.15, 0.2) is 0 Å². The second-order valence-corrected chi connectivity index (χ2v) is 9.89. The van der Waals surface area contributed by atoms with Crippen molar-refractivity contribution in [3.05, 3.63) is 63.2 Å². The van der Waals surface area contributed by atoms with Crippen LogP contribution in [0.1, 0.15) is 48.8 Å². The number of carbonyl (C=O) groups is 2. The zero-order chi connectivity index (χ0) is 24.7. The van der Waals surface area contributed by atoms with E-state index < -0.39 is 23.2 Å². The Kier molecular flexibility index (Phi) is 6.39. The van der Waals surface area contributed by atoms with Crippen molar-refractivity contribution in [3.63, 3.8) is 0 Å². The van der Waals surface area contributed by atoms with Crippen molar-refractivity contribution in [2.45, 2.75) is 50.4 Å². The van der Waals surface area contributed by atoms with Crippen LogP contribution in [-0.2, 0) is 15.0 Å². The lowest BCUT2D eigenvalue weighted by Crippen LogP contribution is -2.48. The van der Waals surface area contributed by atoms with E-state index in [9.17, 15) is 23.6 Å². The number of amides is 2. The first-order valence-corrected chi connectivity index (χ1v) is 11.7. The number of halogens is 3. The first-order chi connectivity index (χ1) is 16.0. The first kappa shape index (κ1) is 24.2. The van der Waals surface area contributed by atoms with E-state index in [-0.39, 0.29) is 30.2 Å². The molecule has 8 heteroatoms. The van der Waals surface area contributed by atoms with E-state index >= 15 is 0 Å². The van der Waals surface area contributed by atoms with Crippen LogP contribution < -0.4 is 5.73 Å². The van der Waals surface area contributed by atoms with Crippen LogP contribution >= 0.6 is 11.6 Å². The molecule has 2 fully saturated rings. The third-order valence-electron chi connectivity index (χ3n) is 6.95. The number of rotatable bonds is 4. The fourth-order valence-electron chi connectivity index (χ4n) is 5.19. The lowest BCUT2D eigenvalue weighted by Gasteiger charge is -2.38. The van der Waals surface area contributed by atoms with Gasteiger partial charge in [-0.3, -0.25) is 9.59 Å². The Morgan fingerprint density at radius 1 is 1.26 bits per heavy atom. The third-order valence-corrected chi connectivity index (χ3v) is 7.17. The standard InChI is InChI=1S/C26H26ClF2N3O2/c1-16-3-2-4-18(22(16)25(15-30)11-19(23(31)33)10-21(27)14-25)9-17-5-7-32(8-6-17)24(34)20-12-26(28,29)13-20/h2-4,9-10,14,20H,5-8,11-13H2,1H3,(H2,31,33). The van der Waals surface area contributed by atoms with Gasteiger partial charge in [0.2, 0.25) is 17.7 Å². The molecule has 1 atom stereocenters. The number of primary amides is 1. The van der Waals surface area contributed by atoms with Gasteiger partial charge < -0.3 is 10.6 Å². The molecule has 0 aromatic heterocycles. The highest BCUT2D eigenvalue weighted by Crippen LogP contribution is 2.44. The molecule has 0 spiro atoms. The van der Waals surface area contributed by atoms with E-state index in [0.29, 0.717) is 31.5 Å². The Morgan fingerprint density at radius 3 is 2.53 bits per heavy atom. The van der Waals surface area contributed by atoms with Crippen LogP contribution in [0, 0.1) is 24.2 Å². The van der Waals surface area contributed by atoms with Gasteiger partial charge >= 0.3 is 0 Å². The Labute approximate surface area is 202 Å². The fraction of sp³-hybridized carbons (Fsp3) is 0.423. The molecule has 0 bridgehead atoms. The number of carbonyl (C=O) groups excluding carboxylic acids is 2. The summed E-state index contributed by atoms with van der Waals surface area (Å²) in [7, 11) is 0. The molecule has 34 heavy (non-hydrogen) atoms. The maximum absolute atomic E-state index is 13.2. The Bertz CT molecular complexity index is 1160. The van der Waals surface area contributed by atoms with E-state index in [4.69, 9.17) is 17.3 Å². The first-order valence-electron chi connectivity index (χ1n) is 11.3. The van der Waals surface area contributed by atoms with Gasteiger partial charge in [-0.25, -0.2) is 8.78 Å². The monoisotopic (exact) mass is 485 g/mol. The average Bonchev–Trinajstić information content (AvgIpc) is 2.77. The van der Waals surface area contributed by atoms with Crippen molar-refractivity contribution in [1.82, 2.24) is 4.90 Å². The summed E-state index contributed by atoms with van der Waals surface area (Å²) >= 11 is 6.30. The van der Waals surface area contributed by atoms with Gasteiger partial charge in [-0.15, -0.1) is 0 Å². The summed E-state index contributed by atoms with van der Waals surface area (Å²) in [6, 6.07) is 8.11. The summed E-state index contributed by atoms with van der Waals surface area (Å²) in [6.07, 6.45) is 5.88. The Morgan fingerprint density at radius 2 is 1.94 bits per heavy atom. The van der Waals surface area contributed by atoms with Crippen LogP contribution in [0.15, 0.2) is 46.5 Å². The van der Waals surface area contributed by atoms with Gasteiger partial charge in [0.25, 0.3) is 0 Å². The number of aryl methyl sites for hydroxylation is 1. The summed E-state index contributed by atoms with van der Waals surface area (Å²) in [4.78, 5) is 26.1. The molecule has 2 N–H and O–H groups in total. The van der Waals surface area contributed by atoms with Gasteiger partial charge in [0, 0.05) is 48.9 Å². The van der Waals surface area contributed by atoms with Gasteiger partial charge in [0.1, 0.15) is 5.41 Å². The number of likely N-dealkylation sites (tertiary alicyclic amines) is 1. The average molecular weight is 486 g/mol. The van der Waals surface area contributed by atoms with Crippen molar-refractivity contribution in [2.75, 3.05) is 13.1 Å². The van der Waals surface area contributed by atoms with Crippen LogP contribution in [0.5, 0.6) is 0 Å². The van der Waals surface area contributed by atoms with Gasteiger partial charge in [-0.05, 0) is 48.6 Å². The maximum atomic E-state index is 13.2. The Hall–Kier alpha value is -2.98. The predicted molar refractivity (Wildman–Crippen MR) is 126 cm³/mol. The molecule has 1 aromatic rings. The number of nitrogens with zero attached hydrogens (tertiary/aromatic N) is 2. The minimum absolute atomic E-state index is 0.129. The second kappa shape index (κ2) is 8.99. The highest BCUT2D eigenvalue weighted by molar-refractivity contribution is 6.31. The number of nitriles is 1. The third kappa shape index (κ3) is 4.65. The Balaban J connectivity index is 1.58. The van der Waals surface area contributed by atoms with E-state index in [1.807, 2.05) is 31.2 Å². The molecule has 5 nitrogen and oxygen atoms in total. The van der Waals surface area contributed by atoms with Crippen molar-refractivity contribution in [1.29, 1.82) is 5.26 Å². The zero-order valence-corrected chi connectivity index (χ0v) is 19.7. The van der Waals surface area contributed by atoms with Crippen molar-refractivity contribution < 1.29 is 18.4 Å². The lowest BCUT2D eigenvalue weighted by molar-refractivity contribution is -0.160. The summed E-state index contributed by atoms with van der Waals surface area (Å²) in [5, 5.41) is 10.5. The number of piperidine rings is 1. The molecule has 0 radical (unpaired) electrons. The van der Waals surface area contributed by atoms with Gasteiger partial charge in [-0.1, -0.05) is 41.4 Å². The summed E-state index contributed by atoms with van der Waals surface area (Å²) in [5.74, 6) is -4.08. The normalized spacial score (nSPS) is 24.4. The number of alkyl halides is 2. The summed E-state index contributed by atoms with van der Waals surface area (Å²) < 4.78 is 26.3. The van der Waals surface area contributed by atoms with Crippen LogP contribution in [0.4, 0.5) is 8.78 Å². The molecular formula is C26H26ClF2N3O2. The van der Waals surface area contributed by atoms with Crippen molar-refractivity contribution in [3.8, 4) is 6.07 Å². The number of allylic oxidation sites excluding steroid dienone is 3. The molecule has 4 rings (SSSR count). The molecule has 2 amide bonds. The highest BCUT2D eigenvalue weighted by Gasteiger charge is 2.49. The zero-order valence-electron chi connectivity index (χ0n) is 18.9. The quantitative estimate of drug-likeness (QED) is 0.667. The molecule has 1 saturated carbocycles. The fourth-order valence-corrected chi connectivity index (χ4v) is 5.50. The number of benzene rings is 1. The van der Waals surface area contributed by atoms with Gasteiger partial charge in [-0.2, -0.15) is 5.26 Å². The summed E-state index contributed by atoms with van der Waals surface area (Å²) in [5.41, 5.74) is 8.28. The molecule has 1 aliphatic heterocycles. The molecule has 178 valence electrons. The smallest absolute Gasteiger partial charge is 0.249 e. The molecule has 1 heterocycles. The second-order valence-electron chi connectivity index (χ2n) is 9.45. The molecule has 2 aliphatic carbocycles. The van der Waals surface area contributed by atoms with E-state index in [2.05, 4.69) is 6.07 Å². The number of hydrogen-bond acceptors (Lipinski definition) is 3. The van der Waals surface area contributed by atoms with Crippen LogP contribution in [-0.4, -0.2) is 35.7 Å². The van der Waals surface area contributed by atoms with E-state index in [1.54, 1.807) is 11.0 Å². The number of hydrogen-bond donors (Lipinski definition) is 1. The molecule has 1 unspecified atom stereocenters. The molecule has 1 saturated heterocycles. The summed E-state index contributed by atoms with van der Waals surface area (Å²) in [6.45, 7) is 2.88. The van der Waals surface area contributed by atoms with Crippen LogP contribution in [0.3, 0.4) is 0 Å². The minimum Gasteiger partial charge on any atom is -0.366 e. The molecular weight excluding hydrogens is 460 g/mol. The van der Waals surface area contributed by atoms with Crippen molar-refractivity contribution >= 4 is 29.5 Å². The topological polar surface area (TPSA) is 87.2 Å². The maximum Gasteiger partial charge on any atom is 0.249 e. The SMILES string of the molecule is Cc1cccc(C=C2CCN(C(=O)C3CC(F)(F)C3)CC2)c1C1(C#N)C=C(Cl)C=C(C(N)=O)C1. The lowest BCUT2D eigenvalue weighted by atomic mass is 9.70. The molecule has 1 aromatic carbocycles. The largest absolute Gasteiger partial charge is 0.366 e. The molecule has 3 aliphatic rings.